The highest BCUT2D eigenvalue weighted by molar-refractivity contribution is 7.71. The number of pyridine rings is 1. The largest absolute Gasteiger partial charge is 0.482 e. The molecule has 206 valence electrons. The first-order valence-corrected chi connectivity index (χ1v) is 14.2. The number of morpholine rings is 1. The van der Waals surface area contributed by atoms with E-state index in [2.05, 4.69) is 26.9 Å². The monoisotopic (exact) mass is 575 g/mol. The van der Waals surface area contributed by atoms with Crippen molar-refractivity contribution in [1.82, 2.24) is 14.8 Å². The Labute approximate surface area is 242 Å². The predicted molar refractivity (Wildman–Crippen MR) is 157 cm³/mol. The Bertz CT molecular complexity index is 1620. The Morgan fingerprint density at radius 1 is 1.07 bits per heavy atom. The molecule has 4 aromatic rings. The zero-order valence-corrected chi connectivity index (χ0v) is 23.5. The zero-order valence-electron chi connectivity index (χ0n) is 21.9. The lowest BCUT2D eigenvalue weighted by Gasteiger charge is -2.31. The van der Waals surface area contributed by atoms with E-state index in [0.29, 0.717) is 41.4 Å². The van der Waals surface area contributed by atoms with Crippen LogP contribution in [0, 0.1) is 4.51 Å². The predicted octanol–water partition coefficient (Wildman–Crippen LogP) is 5.41. The molecule has 0 radical (unpaired) electrons. The number of nitrogens with zero attached hydrogens (tertiary/aromatic N) is 2. The van der Waals surface area contributed by atoms with Crippen LogP contribution in [0.2, 0.25) is 5.02 Å². The number of halogens is 1. The maximum absolute atomic E-state index is 13.5. The maximum Gasteiger partial charge on any atom is 0.254 e. The molecule has 0 saturated carbocycles. The summed E-state index contributed by atoms with van der Waals surface area (Å²) in [4.78, 5) is 15.8. The van der Waals surface area contributed by atoms with Crippen LogP contribution < -0.4 is 10.1 Å². The van der Waals surface area contributed by atoms with E-state index < -0.39 is 0 Å². The third-order valence-electron chi connectivity index (χ3n) is 7.52. The average molecular weight is 576 g/mol. The molecule has 0 bridgehead atoms. The van der Waals surface area contributed by atoms with Gasteiger partial charge in [-0.05, 0) is 46.5 Å². The molecule has 2 aliphatic rings. The molecule has 2 aliphatic heterocycles. The second-order valence-corrected chi connectivity index (χ2v) is 11.0. The van der Waals surface area contributed by atoms with Crippen molar-refractivity contribution < 1.29 is 19.4 Å². The maximum atomic E-state index is 13.5. The van der Waals surface area contributed by atoms with Gasteiger partial charge in [0.05, 0.1) is 42.0 Å². The van der Waals surface area contributed by atoms with Crippen molar-refractivity contribution in [2.75, 3.05) is 26.3 Å². The van der Waals surface area contributed by atoms with E-state index >= 15 is 0 Å². The number of benzene rings is 3. The summed E-state index contributed by atoms with van der Waals surface area (Å²) < 4.78 is 14.7. The van der Waals surface area contributed by atoms with Gasteiger partial charge in [0.25, 0.3) is 5.91 Å². The Balaban J connectivity index is 1.40. The van der Waals surface area contributed by atoms with Crippen molar-refractivity contribution in [3.05, 3.63) is 104 Å². The minimum absolute atomic E-state index is 0.0799. The Kier molecular flexibility index (Phi) is 7.87. The molecule has 1 saturated heterocycles. The number of rotatable bonds is 7. The third kappa shape index (κ3) is 5.50. The quantitative estimate of drug-likeness (QED) is 0.287. The number of carbonyl (C=O) groups excluding carboxylic acids is 1. The number of aliphatic hydroxyl groups excluding tert-OH is 1. The normalized spacial score (nSPS) is 17.0. The van der Waals surface area contributed by atoms with E-state index in [-0.39, 0.29) is 18.6 Å². The molecule has 9 heteroatoms. The van der Waals surface area contributed by atoms with E-state index in [9.17, 15) is 9.90 Å². The minimum atomic E-state index is -0.330. The molecule has 3 aromatic carbocycles. The van der Waals surface area contributed by atoms with Crippen LogP contribution in [0.15, 0.2) is 66.9 Å². The van der Waals surface area contributed by atoms with Gasteiger partial charge in [0.2, 0.25) is 0 Å². The fourth-order valence-electron chi connectivity index (χ4n) is 5.47. The van der Waals surface area contributed by atoms with E-state index in [4.69, 9.17) is 33.3 Å². The molecule has 0 aliphatic carbocycles. The molecule has 1 amide bonds. The SMILES string of the molecule is O=C(NCc1ccc(Cl)cc1)c1cn2c3c(cc(CN4CCOCC4)cc3c1=S)OC(c1ccccc1CO)C2. The fourth-order valence-corrected chi connectivity index (χ4v) is 5.89. The number of aliphatic hydroxyl groups is 1. The number of hydrogen-bond donors (Lipinski definition) is 2. The Morgan fingerprint density at radius 2 is 1.85 bits per heavy atom. The van der Waals surface area contributed by atoms with Gasteiger partial charge in [0.15, 0.2) is 0 Å². The zero-order chi connectivity index (χ0) is 27.6. The summed E-state index contributed by atoms with van der Waals surface area (Å²) in [5.41, 5.74) is 5.08. The highest BCUT2D eigenvalue weighted by Crippen LogP contribution is 2.39. The summed E-state index contributed by atoms with van der Waals surface area (Å²) in [7, 11) is 0. The number of nitrogens with one attached hydrogen (secondary N) is 1. The van der Waals surface area contributed by atoms with Crippen LogP contribution in [0.4, 0.5) is 0 Å². The van der Waals surface area contributed by atoms with Crippen LogP contribution in [0.5, 0.6) is 5.75 Å². The second-order valence-electron chi connectivity index (χ2n) is 10.2. The summed E-state index contributed by atoms with van der Waals surface area (Å²) in [6.45, 7) is 4.63. The van der Waals surface area contributed by atoms with Crippen molar-refractivity contribution >= 4 is 40.6 Å². The van der Waals surface area contributed by atoms with Gasteiger partial charge >= 0.3 is 0 Å². The Morgan fingerprint density at radius 3 is 2.62 bits per heavy atom. The van der Waals surface area contributed by atoms with Gasteiger partial charge in [0.1, 0.15) is 11.9 Å². The van der Waals surface area contributed by atoms with Crippen molar-refractivity contribution in [3.63, 3.8) is 0 Å². The van der Waals surface area contributed by atoms with Crippen LogP contribution in [0.3, 0.4) is 0 Å². The molecular formula is C31H30ClN3O4S. The van der Waals surface area contributed by atoms with Crippen LogP contribution >= 0.6 is 23.8 Å². The molecule has 40 heavy (non-hydrogen) atoms. The molecular weight excluding hydrogens is 546 g/mol. The van der Waals surface area contributed by atoms with Gasteiger partial charge in [-0.25, -0.2) is 0 Å². The van der Waals surface area contributed by atoms with E-state index in [1.807, 2.05) is 42.6 Å². The summed E-state index contributed by atoms with van der Waals surface area (Å²) >= 11 is 11.9. The number of carbonyl (C=O) groups is 1. The lowest BCUT2D eigenvalue weighted by molar-refractivity contribution is 0.0341. The van der Waals surface area contributed by atoms with Crippen molar-refractivity contribution in [3.8, 4) is 5.75 Å². The van der Waals surface area contributed by atoms with Crippen LogP contribution in [0.1, 0.15) is 38.7 Å². The summed E-state index contributed by atoms with van der Waals surface area (Å²) in [5, 5.41) is 14.5. The fraction of sp³-hybridized carbons (Fsp3) is 0.290. The molecule has 0 spiro atoms. The topological polar surface area (TPSA) is 76.0 Å². The first-order chi connectivity index (χ1) is 19.5. The highest BCUT2D eigenvalue weighted by Gasteiger charge is 2.27. The summed E-state index contributed by atoms with van der Waals surface area (Å²) in [5.74, 6) is 0.494. The van der Waals surface area contributed by atoms with Crippen molar-refractivity contribution in [1.29, 1.82) is 0 Å². The highest BCUT2D eigenvalue weighted by atomic mass is 35.5. The summed E-state index contributed by atoms with van der Waals surface area (Å²) in [6, 6.07) is 19.3. The first-order valence-electron chi connectivity index (χ1n) is 13.4. The summed E-state index contributed by atoms with van der Waals surface area (Å²) in [6.07, 6.45) is 1.51. The molecule has 6 rings (SSSR count). The lowest BCUT2D eigenvalue weighted by Crippen LogP contribution is -2.35. The molecule has 2 N–H and O–H groups in total. The second kappa shape index (κ2) is 11.7. The number of ether oxygens (including phenoxy) is 2. The molecule has 3 heterocycles. The standard InChI is InChI=1S/C31H30ClN3O4S/c32-23-7-5-20(6-8-23)15-33-31(37)26-17-35-18-28(24-4-2-1-3-22(24)19-36)39-27-14-21(13-25(29(27)35)30(26)40)16-34-9-11-38-12-10-34/h1-8,13-14,17,28,36H,9-12,15-16,18-19H2,(H,33,37). The van der Waals surface area contributed by atoms with Crippen molar-refractivity contribution in [2.45, 2.75) is 32.3 Å². The van der Waals surface area contributed by atoms with Crippen LogP contribution in [-0.4, -0.2) is 46.8 Å². The number of aromatic nitrogens is 1. The molecule has 1 atom stereocenters. The minimum Gasteiger partial charge on any atom is -0.482 e. The molecule has 1 aromatic heterocycles. The number of amides is 1. The molecule has 1 unspecified atom stereocenters. The van der Waals surface area contributed by atoms with E-state index in [1.54, 1.807) is 12.1 Å². The van der Waals surface area contributed by atoms with Gasteiger partial charge in [-0.1, -0.05) is 60.2 Å². The van der Waals surface area contributed by atoms with Gasteiger partial charge in [0, 0.05) is 42.8 Å². The Hall–Kier alpha value is -3.27. The smallest absolute Gasteiger partial charge is 0.254 e. The molecule has 7 nitrogen and oxygen atoms in total. The third-order valence-corrected chi connectivity index (χ3v) is 8.21. The van der Waals surface area contributed by atoms with E-state index in [1.165, 1.54) is 0 Å². The van der Waals surface area contributed by atoms with Gasteiger partial charge in [-0.15, -0.1) is 0 Å². The van der Waals surface area contributed by atoms with Gasteiger partial charge < -0.3 is 24.5 Å². The van der Waals surface area contributed by atoms with Gasteiger partial charge in [-0.3, -0.25) is 9.69 Å². The number of hydrogen-bond acceptors (Lipinski definition) is 6. The average Bonchev–Trinajstić information content (AvgIpc) is 2.98. The first kappa shape index (κ1) is 26.9. The van der Waals surface area contributed by atoms with Gasteiger partial charge in [-0.2, -0.15) is 0 Å². The van der Waals surface area contributed by atoms with Crippen LogP contribution in [0.25, 0.3) is 10.9 Å². The van der Waals surface area contributed by atoms with Crippen LogP contribution in [-0.2, 0) is 31.0 Å². The van der Waals surface area contributed by atoms with E-state index in [0.717, 1.165) is 58.5 Å². The lowest BCUT2D eigenvalue weighted by atomic mass is 9.99. The van der Waals surface area contributed by atoms with Crippen molar-refractivity contribution in [2.24, 2.45) is 0 Å². The molecule has 1 fully saturated rings.